The minimum Gasteiger partial charge on any atom is -0.492 e. The first-order chi connectivity index (χ1) is 15.6. The molecule has 1 heterocycles. The second-order valence-electron chi connectivity index (χ2n) is 8.27. The average molecular weight is 431 g/mol. The van der Waals surface area contributed by atoms with E-state index in [1.165, 1.54) is 11.1 Å². The van der Waals surface area contributed by atoms with E-state index in [1.54, 1.807) is 12.1 Å². The fourth-order valence-corrected chi connectivity index (χ4v) is 4.04. The van der Waals surface area contributed by atoms with E-state index < -0.39 is 6.23 Å². The molecule has 32 heavy (non-hydrogen) atoms. The van der Waals surface area contributed by atoms with Crippen LogP contribution in [0.25, 0.3) is 11.1 Å². The first-order valence-corrected chi connectivity index (χ1v) is 11.2. The Morgan fingerprint density at radius 2 is 1.81 bits per heavy atom. The molecule has 1 aliphatic rings. The lowest BCUT2D eigenvalue weighted by molar-refractivity contribution is 0.0760. The average Bonchev–Trinajstić information content (AvgIpc) is 2.84. The largest absolute Gasteiger partial charge is 0.492 e. The van der Waals surface area contributed by atoms with Crippen LogP contribution in [-0.2, 0) is 12.8 Å². The molecule has 5 nitrogen and oxygen atoms in total. The van der Waals surface area contributed by atoms with Gasteiger partial charge in [-0.15, -0.1) is 0 Å². The molecular formula is C27H30N2O3. The minimum absolute atomic E-state index is 0.263. The zero-order valence-electron chi connectivity index (χ0n) is 18.4. The molecule has 1 amide bonds. The number of ether oxygens (including phenoxy) is 1. The monoisotopic (exact) mass is 430 g/mol. The van der Waals surface area contributed by atoms with Crippen LogP contribution in [0.1, 0.15) is 34.3 Å². The summed E-state index contributed by atoms with van der Waals surface area (Å²) in [6, 6.07) is 24.1. The lowest BCUT2D eigenvalue weighted by atomic mass is 9.98. The number of hydrogen-bond donors (Lipinski definition) is 3. The number of aryl methyl sites for hydroxylation is 1. The topological polar surface area (TPSA) is 70.6 Å². The van der Waals surface area contributed by atoms with E-state index in [9.17, 15) is 9.90 Å². The maximum absolute atomic E-state index is 12.5. The van der Waals surface area contributed by atoms with Crippen molar-refractivity contribution in [3.8, 4) is 16.9 Å². The summed E-state index contributed by atoms with van der Waals surface area (Å²) in [7, 11) is 1.95. The van der Waals surface area contributed by atoms with Gasteiger partial charge in [0, 0.05) is 11.6 Å². The van der Waals surface area contributed by atoms with Gasteiger partial charge in [-0.05, 0) is 73.2 Å². The SMILES string of the molecule is CN[C@@H]1COc2ccc(CCCC(O)NC(=O)c3ccc(-c4ccccc4)cc3)cc2C1. The van der Waals surface area contributed by atoms with E-state index in [2.05, 4.69) is 22.8 Å². The van der Waals surface area contributed by atoms with Crippen LogP contribution in [-0.4, -0.2) is 36.9 Å². The zero-order chi connectivity index (χ0) is 22.3. The van der Waals surface area contributed by atoms with Crippen LogP contribution in [0.3, 0.4) is 0 Å². The second-order valence-corrected chi connectivity index (χ2v) is 8.27. The van der Waals surface area contributed by atoms with Crippen LogP contribution in [0.4, 0.5) is 0 Å². The van der Waals surface area contributed by atoms with Crippen molar-refractivity contribution in [3.05, 3.63) is 89.5 Å². The normalized spacial score (nSPS) is 16.0. The number of likely N-dealkylation sites (N-methyl/N-ethyl adjacent to an activating group) is 1. The van der Waals surface area contributed by atoms with Crippen LogP contribution in [0.15, 0.2) is 72.8 Å². The number of hydrogen-bond acceptors (Lipinski definition) is 4. The van der Waals surface area contributed by atoms with Crippen molar-refractivity contribution in [3.63, 3.8) is 0 Å². The highest BCUT2D eigenvalue weighted by molar-refractivity contribution is 5.94. The third-order valence-corrected chi connectivity index (χ3v) is 5.93. The van der Waals surface area contributed by atoms with E-state index >= 15 is 0 Å². The minimum atomic E-state index is -0.870. The highest BCUT2D eigenvalue weighted by Crippen LogP contribution is 2.26. The Balaban J connectivity index is 1.25. The Hall–Kier alpha value is -3.15. The molecule has 166 valence electrons. The number of carbonyl (C=O) groups is 1. The molecule has 0 aromatic heterocycles. The molecule has 0 fully saturated rings. The van der Waals surface area contributed by atoms with Gasteiger partial charge in [0.05, 0.1) is 0 Å². The number of fused-ring (bicyclic) bond motifs is 1. The van der Waals surface area contributed by atoms with Crippen LogP contribution >= 0.6 is 0 Å². The summed E-state index contributed by atoms with van der Waals surface area (Å²) in [6.45, 7) is 0.698. The van der Waals surface area contributed by atoms with Gasteiger partial charge in [-0.3, -0.25) is 4.79 Å². The predicted molar refractivity (Wildman–Crippen MR) is 127 cm³/mol. The maximum Gasteiger partial charge on any atom is 0.253 e. The van der Waals surface area contributed by atoms with Crippen LogP contribution in [0.2, 0.25) is 0 Å². The van der Waals surface area contributed by atoms with Crippen molar-refractivity contribution >= 4 is 5.91 Å². The van der Waals surface area contributed by atoms with Crippen molar-refractivity contribution in [2.75, 3.05) is 13.7 Å². The summed E-state index contributed by atoms with van der Waals surface area (Å²) in [5, 5.41) is 16.3. The summed E-state index contributed by atoms with van der Waals surface area (Å²) in [5.41, 5.74) is 5.14. The Morgan fingerprint density at radius 1 is 1.06 bits per heavy atom. The molecule has 0 bridgehead atoms. The van der Waals surface area contributed by atoms with Gasteiger partial charge >= 0.3 is 0 Å². The second kappa shape index (κ2) is 10.4. The molecule has 0 aliphatic carbocycles. The molecule has 0 saturated carbocycles. The quantitative estimate of drug-likeness (QED) is 0.474. The molecule has 3 aromatic carbocycles. The van der Waals surface area contributed by atoms with Gasteiger partial charge in [-0.2, -0.15) is 0 Å². The van der Waals surface area contributed by atoms with E-state index in [0.29, 0.717) is 24.6 Å². The lowest BCUT2D eigenvalue weighted by Crippen LogP contribution is -2.36. The van der Waals surface area contributed by atoms with Crippen molar-refractivity contribution in [1.29, 1.82) is 0 Å². The Kier molecular flexibility index (Phi) is 7.20. The van der Waals surface area contributed by atoms with Crippen molar-refractivity contribution in [2.24, 2.45) is 0 Å². The first-order valence-electron chi connectivity index (χ1n) is 11.2. The van der Waals surface area contributed by atoms with Crippen molar-refractivity contribution < 1.29 is 14.6 Å². The molecule has 0 spiro atoms. The molecular weight excluding hydrogens is 400 g/mol. The van der Waals surface area contributed by atoms with Gasteiger partial charge in [0.1, 0.15) is 18.6 Å². The number of amides is 1. The number of nitrogens with one attached hydrogen (secondary N) is 2. The van der Waals surface area contributed by atoms with Gasteiger partial charge in [0.25, 0.3) is 5.91 Å². The Morgan fingerprint density at radius 3 is 2.56 bits per heavy atom. The predicted octanol–water partition coefficient (Wildman–Crippen LogP) is 3.95. The number of rotatable bonds is 8. The van der Waals surface area contributed by atoms with Crippen LogP contribution < -0.4 is 15.4 Å². The number of aliphatic hydroxyl groups excluding tert-OH is 1. The first kappa shape index (κ1) is 22.1. The molecule has 3 aromatic rings. The van der Waals surface area contributed by atoms with Crippen LogP contribution in [0, 0.1) is 0 Å². The molecule has 3 N–H and O–H groups in total. The summed E-state index contributed by atoms with van der Waals surface area (Å²) in [4.78, 5) is 12.5. The molecule has 4 rings (SSSR count). The van der Waals surface area contributed by atoms with E-state index in [1.807, 2.05) is 55.6 Å². The summed E-state index contributed by atoms with van der Waals surface area (Å²) >= 11 is 0. The van der Waals surface area contributed by atoms with E-state index in [-0.39, 0.29) is 5.91 Å². The molecule has 1 unspecified atom stereocenters. The summed E-state index contributed by atoms with van der Waals surface area (Å²) < 4.78 is 5.79. The van der Waals surface area contributed by atoms with E-state index in [0.717, 1.165) is 36.1 Å². The molecule has 2 atom stereocenters. The van der Waals surface area contributed by atoms with E-state index in [4.69, 9.17) is 4.74 Å². The molecule has 1 aliphatic heterocycles. The maximum atomic E-state index is 12.5. The third-order valence-electron chi connectivity index (χ3n) is 5.93. The van der Waals surface area contributed by atoms with Gasteiger partial charge in [0.2, 0.25) is 0 Å². The smallest absolute Gasteiger partial charge is 0.253 e. The van der Waals surface area contributed by atoms with Crippen molar-refractivity contribution in [2.45, 2.75) is 38.0 Å². The third kappa shape index (κ3) is 5.55. The Labute approximate surface area is 189 Å². The van der Waals surface area contributed by atoms with Gasteiger partial charge in [-0.1, -0.05) is 54.6 Å². The number of benzene rings is 3. The highest BCUT2D eigenvalue weighted by Gasteiger charge is 2.18. The molecule has 0 saturated heterocycles. The number of aliphatic hydroxyl groups is 1. The molecule has 5 heteroatoms. The zero-order valence-corrected chi connectivity index (χ0v) is 18.4. The fourth-order valence-electron chi connectivity index (χ4n) is 4.04. The van der Waals surface area contributed by atoms with Crippen LogP contribution in [0.5, 0.6) is 5.75 Å². The Bertz CT molecular complexity index is 1030. The van der Waals surface area contributed by atoms with Gasteiger partial charge < -0.3 is 20.5 Å². The lowest BCUT2D eigenvalue weighted by Gasteiger charge is -2.25. The standard InChI is InChI=1S/C27H30N2O3/c1-28-24-17-23-16-19(10-15-25(23)32-18-24)6-5-9-26(30)29-27(31)22-13-11-21(12-14-22)20-7-3-2-4-8-20/h2-4,7-8,10-16,24,26,28,30H,5-6,9,17-18H2,1H3,(H,29,31)/t24-,26?/m0/s1. The summed E-state index contributed by atoms with van der Waals surface area (Å²) in [6.07, 6.45) is 2.22. The fraction of sp³-hybridized carbons (Fsp3) is 0.296. The van der Waals surface area contributed by atoms with Gasteiger partial charge in [0.15, 0.2) is 0 Å². The summed E-state index contributed by atoms with van der Waals surface area (Å²) in [5.74, 6) is 0.701. The van der Waals surface area contributed by atoms with Gasteiger partial charge in [-0.25, -0.2) is 0 Å². The van der Waals surface area contributed by atoms with Crippen molar-refractivity contribution in [1.82, 2.24) is 10.6 Å². The highest BCUT2D eigenvalue weighted by atomic mass is 16.5. The number of carbonyl (C=O) groups excluding carboxylic acids is 1. The molecule has 0 radical (unpaired) electrons.